The molecule has 2 atom stereocenters. The molecule has 1 saturated carbocycles. The van der Waals surface area contributed by atoms with Gasteiger partial charge in [-0.05, 0) is 74.8 Å². The van der Waals surface area contributed by atoms with Gasteiger partial charge in [0.2, 0.25) is 0 Å². The summed E-state index contributed by atoms with van der Waals surface area (Å²) in [5, 5.41) is 0. The summed E-state index contributed by atoms with van der Waals surface area (Å²) in [6.45, 7) is 7.95. The number of hydrogen-bond donors (Lipinski definition) is 0. The Balaban J connectivity index is 1.74. The van der Waals surface area contributed by atoms with Crippen LogP contribution in [-0.2, 0) is 6.42 Å². The van der Waals surface area contributed by atoms with E-state index in [1.165, 1.54) is 12.1 Å². The summed E-state index contributed by atoms with van der Waals surface area (Å²) in [6.07, 6.45) is 7.87. The van der Waals surface area contributed by atoms with E-state index in [0.717, 1.165) is 48.2 Å². The summed E-state index contributed by atoms with van der Waals surface area (Å²) in [5.41, 5.74) is 2.96. The molecule has 1 aromatic carbocycles. The molecule has 1 aliphatic carbocycles. The van der Waals surface area contributed by atoms with Crippen molar-refractivity contribution in [2.75, 3.05) is 0 Å². The molecule has 132 valence electrons. The lowest BCUT2D eigenvalue weighted by atomic mass is 9.97. The van der Waals surface area contributed by atoms with Crippen molar-refractivity contribution in [2.24, 2.45) is 10.9 Å². The van der Waals surface area contributed by atoms with Crippen molar-refractivity contribution in [3.63, 3.8) is 0 Å². The molecule has 4 heteroatoms. The van der Waals surface area contributed by atoms with Crippen LogP contribution in [0.5, 0.6) is 0 Å². The molecule has 1 aliphatic rings. The van der Waals surface area contributed by atoms with Crippen molar-refractivity contribution in [2.45, 2.75) is 45.6 Å². The fourth-order valence-electron chi connectivity index (χ4n) is 3.81. The maximum absolute atomic E-state index is 13.4. The van der Waals surface area contributed by atoms with E-state index in [1.807, 2.05) is 20.1 Å². The lowest BCUT2D eigenvalue weighted by Gasteiger charge is -2.16. The lowest BCUT2D eigenvalue weighted by molar-refractivity contribution is 0.474. The number of benzene rings is 1. The molecule has 0 bridgehead atoms. The topological polar surface area (TPSA) is 17.3 Å². The van der Waals surface area contributed by atoms with Crippen LogP contribution < -0.4 is 0 Å². The molecule has 2 nitrogen and oxygen atoms in total. The first kappa shape index (κ1) is 17.6. The molecule has 0 spiro atoms. The van der Waals surface area contributed by atoms with Crippen molar-refractivity contribution < 1.29 is 8.78 Å². The van der Waals surface area contributed by atoms with Crippen LogP contribution in [-0.4, -0.2) is 10.8 Å². The number of hydrogen-bond acceptors (Lipinski definition) is 1. The van der Waals surface area contributed by atoms with Gasteiger partial charge in [0.1, 0.15) is 5.82 Å². The largest absolute Gasteiger partial charge is 0.329 e. The minimum atomic E-state index is -0.783. The Hall–Kier alpha value is -2.23. The van der Waals surface area contributed by atoms with Gasteiger partial charge in [0.05, 0.1) is 0 Å². The van der Waals surface area contributed by atoms with Crippen LogP contribution in [0.1, 0.15) is 50.3 Å². The number of allylic oxidation sites excluding steroid dienone is 1. The molecule has 2 unspecified atom stereocenters. The van der Waals surface area contributed by atoms with Gasteiger partial charge in [-0.1, -0.05) is 12.6 Å². The summed E-state index contributed by atoms with van der Waals surface area (Å²) >= 11 is 0. The quantitative estimate of drug-likeness (QED) is 0.584. The molecule has 25 heavy (non-hydrogen) atoms. The summed E-state index contributed by atoms with van der Waals surface area (Å²) < 4.78 is 28.7. The number of aliphatic imine (C=N–C) groups is 1. The molecule has 3 rings (SSSR count). The Morgan fingerprint density at radius 3 is 2.76 bits per heavy atom. The Morgan fingerprint density at radius 1 is 1.28 bits per heavy atom. The van der Waals surface area contributed by atoms with Crippen LogP contribution in [0.25, 0.3) is 5.57 Å². The Bertz CT molecular complexity index is 804. The van der Waals surface area contributed by atoms with Crippen LogP contribution >= 0.6 is 0 Å². The minimum absolute atomic E-state index is 0.391. The van der Waals surface area contributed by atoms with Gasteiger partial charge in [-0.15, -0.1) is 0 Å². The van der Waals surface area contributed by atoms with Crippen LogP contribution in [0.3, 0.4) is 0 Å². The molecule has 1 aromatic heterocycles. The monoisotopic (exact) mass is 342 g/mol. The van der Waals surface area contributed by atoms with Gasteiger partial charge in [-0.2, -0.15) is 0 Å². The van der Waals surface area contributed by atoms with Gasteiger partial charge >= 0.3 is 0 Å². The first-order chi connectivity index (χ1) is 12.0. The van der Waals surface area contributed by atoms with Gasteiger partial charge in [-0.25, -0.2) is 13.8 Å². The third-order valence-electron chi connectivity index (χ3n) is 5.01. The minimum Gasteiger partial charge on any atom is -0.329 e. The highest BCUT2D eigenvalue weighted by atomic mass is 19.2. The molecule has 2 aromatic rings. The standard InChI is InChI=1S/C21H24F2N2/c1-4-24-21-18(14(2)3)9-10-25(21)17-7-5-15(12-17)11-16-6-8-19(22)20(23)13-16/h4,6,8-10,13,15,17H,2,5,7,11-12H2,1,3H3/b24-4-. The second-order valence-corrected chi connectivity index (χ2v) is 6.91. The SMILES string of the molecule is C=C(C)c1ccn(C2CCC(Cc3ccc(F)c(F)c3)C2)c1/N=C\C. The normalized spacial score (nSPS) is 20.5. The fraction of sp³-hybridized carbons (Fsp3) is 0.381. The zero-order valence-corrected chi connectivity index (χ0v) is 14.8. The highest BCUT2D eigenvalue weighted by Crippen LogP contribution is 2.40. The summed E-state index contributed by atoms with van der Waals surface area (Å²) in [6, 6.07) is 6.70. The Morgan fingerprint density at radius 2 is 2.08 bits per heavy atom. The lowest BCUT2D eigenvalue weighted by Crippen LogP contribution is -2.06. The maximum atomic E-state index is 13.4. The van der Waals surface area contributed by atoms with Gasteiger partial charge in [0.25, 0.3) is 0 Å². The van der Waals surface area contributed by atoms with Gasteiger partial charge < -0.3 is 4.57 Å². The van der Waals surface area contributed by atoms with Crippen molar-refractivity contribution in [3.05, 3.63) is 59.8 Å². The third kappa shape index (κ3) is 3.73. The molecule has 0 amide bonds. The predicted molar refractivity (Wildman–Crippen MR) is 99.4 cm³/mol. The van der Waals surface area contributed by atoms with E-state index in [2.05, 4.69) is 28.4 Å². The molecular formula is C21H24F2N2. The molecule has 1 fully saturated rings. The average Bonchev–Trinajstić information content (AvgIpc) is 3.18. The molecule has 0 N–H and O–H groups in total. The molecule has 1 heterocycles. The first-order valence-electron chi connectivity index (χ1n) is 8.79. The smallest absolute Gasteiger partial charge is 0.159 e. The average molecular weight is 342 g/mol. The molecule has 0 radical (unpaired) electrons. The van der Waals surface area contributed by atoms with Crippen molar-refractivity contribution in [3.8, 4) is 0 Å². The number of halogens is 2. The van der Waals surface area contributed by atoms with E-state index in [1.54, 1.807) is 6.07 Å². The summed E-state index contributed by atoms with van der Waals surface area (Å²) in [5.74, 6) is -0.101. The number of nitrogens with zero attached hydrogens (tertiary/aromatic N) is 2. The van der Waals surface area contributed by atoms with E-state index in [0.29, 0.717) is 12.0 Å². The molecular weight excluding hydrogens is 318 g/mol. The van der Waals surface area contributed by atoms with Crippen molar-refractivity contribution in [1.29, 1.82) is 0 Å². The van der Waals surface area contributed by atoms with Crippen LogP contribution in [0, 0.1) is 17.6 Å². The highest BCUT2D eigenvalue weighted by Gasteiger charge is 2.28. The Labute approximate surface area is 147 Å². The van der Waals surface area contributed by atoms with Crippen LogP contribution in [0.15, 0.2) is 42.0 Å². The zero-order chi connectivity index (χ0) is 18.0. The molecule has 0 aliphatic heterocycles. The highest BCUT2D eigenvalue weighted by molar-refractivity contribution is 5.73. The van der Waals surface area contributed by atoms with E-state index in [-0.39, 0.29) is 0 Å². The molecule has 0 saturated heterocycles. The summed E-state index contributed by atoms with van der Waals surface area (Å²) in [7, 11) is 0. The predicted octanol–water partition coefficient (Wildman–Crippen LogP) is 6.11. The van der Waals surface area contributed by atoms with E-state index in [4.69, 9.17) is 0 Å². The fourth-order valence-corrected chi connectivity index (χ4v) is 3.81. The summed E-state index contributed by atoms with van der Waals surface area (Å²) in [4.78, 5) is 4.55. The first-order valence-corrected chi connectivity index (χ1v) is 8.79. The van der Waals surface area contributed by atoms with Crippen molar-refractivity contribution in [1.82, 2.24) is 4.57 Å². The van der Waals surface area contributed by atoms with Gasteiger partial charge in [0, 0.05) is 24.0 Å². The van der Waals surface area contributed by atoms with E-state index in [9.17, 15) is 8.78 Å². The third-order valence-corrected chi connectivity index (χ3v) is 5.01. The van der Waals surface area contributed by atoms with E-state index >= 15 is 0 Å². The second kappa shape index (κ2) is 7.34. The van der Waals surface area contributed by atoms with Gasteiger partial charge in [-0.3, -0.25) is 0 Å². The van der Waals surface area contributed by atoms with Crippen LogP contribution in [0.2, 0.25) is 0 Å². The van der Waals surface area contributed by atoms with Crippen LogP contribution in [0.4, 0.5) is 14.6 Å². The number of rotatable bonds is 5. The van der Waals surface area contributed by atoms with Gasteiger partial charge in [0.15, 0.2) is 11.6 Å². The zero-order valence-electron chi connectivity index (χ0n) is 14.8. The maximum Gasteiger partial charge on any atom is 0.159 e. The Kier molecular flexibility index (Phi) is 5.16. The van der Waals surface area contributed by atoms with E-state index < -0.39 is 11.6 Å². The number of aromatic nitrogens is 1. The van der Waals surface area contributed by atoms with Crippen molar-refractivity contribution >= 4 is 17.6 Å². The second-order valence-electron chi connectivity index (χ2n) is 6.91.